The molecule has 0 radical (unpaired) electrons. The summed E-state index contributed by atoms with van der Waals surface area (Å²) in [6, 6.07) is 0. The van der Waals surface area contributed by atoms with Crippen molar-refractivity contribution in [3.8, 4) is 0 Å². The fourth-order valence-corrected chi connectivity index (χ4v) is 2.69. The van der Waals surface area contributed by atoms with E-state index in [1.54, 1.807) is 18.2 Å². The second-order valence-electron chi connectivity index (χ2n) is 5.55. The highest BCUT2D eigenvalue weighted by Gasteiger charge is 2.22. The van der Waals surface area contributed by atoms with Crippen LogP contribution in [0.5, 0.6) is 0 Å². The summed E-state index contributed by atoms with van der Waals surface area (Å²) in [6.45, 7) is 9.58. The minimum atomic E-state index is -0.682. The zero-order valence-electron chi connectivity index (χ0n) is 15.3. The van der Waals surface area contributed by atoms with Crippen molar-refractivity contribution >= 4 is 29.1 Å². The van der Waals surface area contributed by atoms with E-state index >= 15 is 0 Å². The van der Waals surface area contributed by atoms with Crippen molar-refractivity contribution in [3.63, 3.8) is 0 Å². The predicted molar refractivity (Wildman–Crippen MR) is 105 cm³/mol. The van der Waals surface area contributed by atoms with Gasteiger partial charge in [-0.25, -0.2) is 0 Å². The van der Waals surface area contributed by atoms with Crippen LogP contribution in [0.2, 0.25) is 0 Å². The van der Waals surface area contributed by atoms with E-state index < -0.39 is 6.10 Å². The second kappa shape index (κ2) is 11.0. The number of nitrogens with one attached hydrogen (secondary N) is 1. The Morgan fingerprint density at radius 2 is 2.12 bits per heavy atom. The number of rotatable bonds is 10. The number of methoxy groups -OCH3 is 2. The lowest BCUT2D eigenvalue weighted by Gasteiger charge is -2.22. The first kappa shape index (κ1) is 22.2. The monoisotopic (exact) mass is 401 g/mol. The smallest absolute Gasteiger partial charge is 0.261 e. The van der Waals surface area contributed by atoms with Gasteiger partial charge in [0.25, 0.3) is 5.91 Å². The van der Waals surface area contributed by atoms with Crippen molar-refractivity contribution < 1.29 is 19.0 Å². The van der Waals surface area contributed by atoms with Crippen molar-refractivity contribution in [2.24, 2.45) is 0 Å². The van der Waals surface area contributed by atoms with Gasteiger partial charge in [-0.15, -0.1) is 11.6 Å². The number of alkyl halides is 1. The van der Waals surface area contributed by atoms with Crippen molar-refractivity contribution in [1.82, 2.24) is 5.32 Å². The highest BCUT2D eigenvalue weighted by molar-refractivity contribution is 6.31. The molecule has 0 aliphatic heterocycles. The lowest BCUT2D eigenvalue weighted by Crippen LogP contribution is -2.37. The Labute approximate surface area is 165 Å². The van der Waals surface area contributed by atoms with Crippen LogP contribution in [0.15, 0.2) is 59.3 Å². The van der Waals surface area contributed by atoms with Crippen LogP contribution in [0.25, 0.3) is 0 Å². The van der Waals surface area contributed by atoms with Crippen molar-refractivity contribution in [1.29, 1.82) is 0 Å². The lowest BCUT2D eigenvalue weighted by molar-refractivity contribution is -0.130. The van der Waals surface area contributed by atoms with E-state index in [1.807, 2.05) is 6.92 Å². The van der Waals surface area contributed by atoms with Gasteiger partial charge in [0, 0.05) is 18.5 Å². The molecule has 0 fully saturated rings. The Kier molecular flexibility index (Phi) is 9.38. The second-order valence-corrected chi connectivity index (χ2v) is 6.57. The van der Waals surface area contributed by atoms with E-state index in [-0.39, 0.29) is 17.8 Å². The first-order chi connectivity index (χ1) is 12.3. The van der Waals surface area contributed by atoms with E-state index in [9.17, 15) is 4.79 Å². The number of halogens is 2. The molecule has 26 heavy (non-hydrogen) atoms. The van der Waals surface area contributed by atoms with Gasteiger partial charge >= 0.3 is 0 Å². The third-order valence-corrected chi connectivity index (χ3v) is 4.33. The van der Waals surface area contributed by atoms with Crippen LogP contribution in [-0.4, -0.2) is 38.2 Å². The van der Waals surface area contributed by atoms with E-state index in [4.69, 9.17) is 37.4 Å². The molecule has 0 aromatic rings. The first-order valence-electron chi connectivity index (χ1n) is 8.14. The summed E-state index contributed by atoms with van der Waals surface area (Å²) < 4.78 is 15.9. The number of carbonyl (C=O) groups is 1. The van der Waals surface area contributed by atoms with Crippen molar-refractivity contribution in [3.05, 3.63) is 59.3 Å². The van der Waals surface area contributed by atoms with Gasteiger partial charge in [0.2, 0.25) is 0 Å². The van der Waals surface area contributed by atoms with E-state index in [0.717, 1.165) is 0 Å². The van der Waals surface area contributed by atoms with Crippen molar-refractivity contribution in [2.75, 3.05) is 20.8 Å². The van der Waals surface area contributed by atoms with Gasteiger partial charge < -0.3 is 19.5 Å². The summed E-state index contributed by atoms with van der Waals surface area (Å²) in [5.41, 5.74) is 0.641. The van der Waals surface area contributed by atoms with Crippen LogP contribution >= 0.6 is 23.2 Å². The maximum absolute atomic E-state index is 12.5. The van der Waals surface area contributed by atoms with Gasteiger partial charge in [0.1, 0.15) is 17.3 Å². The Morgan fingerprint density at radius 1 is 1.42 bits per heavy atom. The van der Waals surface area contributed by atoms with Gasteiger partial charge in [-0.2, -0.15) is 0 Å². The number of allylic oxidation sites excluding steroid dienone is 4. The molecule has 1 aliphatic rings. The van der Waals surface area contributed by atoms with Crippen LogP contribution in [-0.2, 0) is 19.0 Å². The largest absolute Gasteiger partial charge is 0.497 e. The van der Waals surface area contributed by atoms with Crippen molar-refractivity contribution in [2.45, 2.75) is 31.2 Å². The van der Waals surface area contributed by atoms with Gasteiger partial charge in [-0.3, -0.25) is 4.79 Å². The van der Waals surface area contributed by atoms with Crippen LogP contribution in [0, 0.1) is 0 Å². The zero-order valence-corrected chi connectivity index (χ0v) is 16.8. The highest BCUT2D eigenvalue weighted by Crippen LogP contribution is 2.27. The summed E-state index contributed by atoms with van der Waals surface area (Å²) in [4.78, 5) is 12.5. The van der Waals surface area contributed by atoms with Gasteiger partial charge in [0.15, 0.2) is 6.10 Å². The molecule has 1 N–H and O–H groups in total. The summed E-state index contributed by atoms with van der Waals surface area (Å²) in [5.74, 6) is 1.03. The molecule has 0 aromatic carbocycles. The molecule has 0 saturated heterocycles. The van der Waals surface area contributed by atoms with Crippen LogP contribution in [0.3, 0.4) is 0 Å². The molecule has 0 bridgehead atoms. The summed E-state index contributed by atoms with van der Waals surface area (Å²) >= 11 is 12.2. The molecule has 7 heteroatoms. The Bertz CT molecular complexity index is 637. The normalized spacial score (nSPS) is 18.2. The summed E-state index contributed by atoms with van der Waals surface area (Å²) in [5, 5.41) is 3.15. The Balaban J connectivity index is 2.75. The molecule has 1 rings (SSSR count). The van der Waals surface area contributed by atoms with E-state index in [0.29, 0.717) is 40.7 Å². The highest BCUT2D eigenvalue weighted by atomic mass is 35.5. The minimum Gasteiger partial charge on any atom is -0.497 e. The molecule has 0 spiro atoms. The quantitative estimate of drug-likeness (QED) is 0.339. The number of hydrogen-bond donors (Lipinski definition) is 1. The topological polar surface area (TPSA) is 56.8 Å². The standard InChI is InChI=1S/C19H25Cl2NO4/c1-6-17(26-18-8-7-15(20)10-16(18)21)19(23)22-11-14(13(3)25-5)9-12(2)24-4/h7-9,15,17H,2-3,6,10-11H2,1,4-5H3,(H,22,23)/b14-9-. The molecule has 2 atom stereocenters. The number of ether oxygens (including phenoxy) is 3. The fourth-order valence-electron chi connectivity index (χ4n) is 2.11. The zero-order chi connectivity index (χ0) is 19.7. The van der Waals surface area contributed by atoms with E-state index in [2.05, 4.69) is 18.5 Å². The maximum atomic E-state index is 12.5. The van der Waals surface area contributed by atoms with Crippen LogP contribution in [0.4, 0.5) is 0 Å². The molecule has 1 amide bonds. The molecule has 144 valence electrons. The average molecular weight is 402 g/mol. The molecule has 1 aliphatic carbocycles. The molecule has 0 saturated carbocycles. The fraction of sp³-hybridized carbons (Fsp3) is 0.421. The molecule has 0 aromatic heterocycles. The number of carbonyl (C=O) groups excluding carboxylic acids is 1. The molecule has 0 heterocycles. The van der Waals surface area contributed by atoms with E-state index in [1.165, 1.54) is 14.2 Å². The maximum Gasteiger partial charge on any atom is 0.261 e. The van der Waals surface area contributed by atoms with Crippen LogP contribution < -0.4 is 5.32 Å². The third kappa shape index (κ3) is 6.81. The SMILES string of the molecule is C=C(/C=C(/CNC(=O)C(CC)OC1=C(Cl)CC(Cl)C=C1)C(=C)OC)OC. The Hall–Kier alpha value is -1.85. The summed E-state index contributed by atoms with van der Waals surface area (Å²) in [6.07, 6.45) is 5.41. The van der Waals surface area contributed by atoms with Gasteiger partial charge in [0.05, 0.1) is 24.6 Å². The average Bonchev–Trinajstić information content (AvgIpc) is 2.63. The Morgan fingerprint density at radius 3 is 2.65 bits per heavy atom. The molecule has 2 unspecified atom stereocenters. The van der Waals surface area contributed by atoms with Crippen LogP contribution in [0.1, 0.15) is 19.8 Å². The first-order valence-corrected chi connectivity index (χ1v) is 8.95. The minimum absolute atomic E-state index is 0.162. The lowest BCUT2D eigenvalue weighted by atomic mass is 10.1. The predicted octanol–water partition coefficient (Wildman–Crippen LogP) is 4.16. The number of amides is 1. The van der Waals surface area contributed by atoms with Gasteiger partial charge in [-0.1, -0.05) is 37.8 Å². The molecular formula is C19H25Cl2NO4. The molecular weight excluding hydrogens is 377 g/mol. The summed E-state index contributed by atoms with van der Waals surface area (Å²) in [7, 11) is 3.01. The third-order valence-electron chi connectivity index (χ3n) is 3.69. The number of hydrogen-bond acceptors (Lipinski definition) is 4. The van der Waals surface area contributed by atoms with Gasteiger partial charge in [-0.05, 0) is 18.6 Å². The molecule has 5 nitrogen and oxygen atoms in total.